The Kier molecular flexibility index (Phi) is 7.29. The number of imide groups is 2. The van der Waals surface area contributed by atoms with E-state index in [0.29, 0.717) is 10.6 Å². The van der Waals surface area contributed by atoms with Crippen LogP contribution in [0.25, 0.3) is 0 Å². The monoisotopic (exact) mass is 469 g/mol. The van der Waals surface area contributed by atoms with E-state index in [0.717, 1.165) is 0 Å². The molecule has 0 spiro atoms. The van der Waals surface area contributed by atoms with Crippen molar-refractivity contribution in [2.24, 2.45) is 0 Å². The quantitative estimate of drug-likeness (QED) is 0.370. The van der Waals surface area contributed by atoms with E-state index in [1.165, 1.54) is 12.5 Å². The Hall–Kier alpha value is -3.32. The van der Waals surface area contributed by atoms with Gasteiger partial charge in [0.05, 0.1) is 19.2 Å². The predicted molar refractivity (Wildman–Crippen MR) is 108 cm³/mol. The van der Waals surface area contributed by atoms with E-state index in [4.69, 9.17) is 14.3 Å². The van der Waals surface area contributed by atoms with Gasteiger partial charge in [-0.15, -0.1) is 0 Å². The van der Waals surface area contributed by atoms with Crippen LogP contribution >= 0.6 is 0 Å². The molecule has 1 saturated heterocycles. The van der Waals surface area contributed by atoms with Gasteiger partial charge in [0.25, 0.3) is 0 Å². The Balaban J connectivity index is 2.48. The van der Waals surface area contributed by atoms with Crippen molar-refractivity contribution in [3.8, 4) is 0 Å². The summed E-state index contributed by atoms with van der Waals surface area (Å²) in [5, 5.41) is 10.3. The van der Waals surface area contributed by atoms with E-state index in [1.54, 1.807) is 41.5 Å². The number of amides is 4. The molecule has 0 radical (unpaired) electrons. The van der Waals surface area contributed by atoms with Crippen molar-refractivity contribution in [3.05, 3.63) is 18.2 Å². The molecule has 4 amide bonds. The second-order valence-electron chi connectivity index (χ2n) is 9.40. The van der Waals surface area contributed by atoms with Gasteiger partial charge in [0.15, 0.2) is 6.04 Å². The third-order valence-corrected chi connectivity index (χ3v) is 4.18. The zero-order valence-electron chi connectivity index (χ0n) is 19.4. The smallest absolute Gasteiger partial charge is 0.420 e. The summed E-state index contributed by atoms with van der Waals surface area (Å²) >= 11 is 0. The molecular formula is C20H29N4O9+. The Morgan fingerprint density at radius 2 is 1.55 bits per heavy atom. The van der Waals surface area contributed by atoms with Gasteiger partial charge in [0, 0.05) is 18.3 Å². The second kappa shape index (κ2) is 9.27. The van der Waals surface area contributed by atoms with Crippen molar-refractivity contribution in [2.75, 3.05) is 0 Å². The molecule has 1 atom stereocenters. The molecule has 2 rings (SSSR count). The Labute approximate surface area is 190 Å². The molecule has 1 aliphatic heterocycles. The highest BCUT2D eigenvalue weighted by molar-refractivity contribution is 5.95. The summed E-state index contributed by atoms with van der Waals surface area (Å²) in [7, 11) is 0. The van der Waals surface area contributed by atoms with Crippen molar-refractivity contribution in [1.29, 1.82) is 0 Å². The number of carbonyl (C=O) groups excluding carboxylic acids is 5. The molecule has 13 heteroatoms. The first-order valence-corrected chi connectivity index (χ1v) is 10.2. The number of H-pyrrole nitrogens is 1. The molecule has 0 saturated carbocycles. The van der Waals surface area contributed by atoms with Gasteiger partial charge in [-0.05, 0) is 41.5 Å². The summed E-state index contributed by atoms with van der Waals surface area (Å²) < 4.78 is 10.5. The van der Waals surface area contributed by atoms with E-state index < -0.39 is 52.0 Å². The number of hydrogen-bond acceptors (Lipinski definition) is 10. The molecule has 1 aliphatic rings. The second-order valence-corrected chi connectivity index (χ2v) is 9.40. The Bertz CT molecular complexity index is 884. The van der Waals surface area contributed by atoms with Crippen LogP contribution in [0, 0.1) is 0 Å². The van der Waals surface area contributed by atoms with Gasteiger partial charge in [0.1, 0.15) is 16.0 Å². The standard InChI is InChI=1S/C20H29N4O9/c1-19(2,3)31-17(28)23(18(29)32-20(4,5)6)13(9-12-10-21-11-22-12)16(27)33-24(30)14(25)7-8-15(24)26/h10-11,13,30H,7-9H2,1-6H3,(H,21,22)/q+1/t13-/m0/s1. The number of aromatic amines is 1. The number of quaternary nitrogens is 1. The fraction of sp³-hybridized carbons (Fsp3) is 0.600. The lowest BCUT2D eigenvalue weighted by atomic mass is 10.1. The zero-order chi connectivity index (χ0) is 25.2. The maximum absolute atomic E-state index is 13.1. The van der Waals surface area contributed by atoms with Crippen LogP contribution in [0.15, 0.2) is 12.5 Å². The number of hydroxylamine groups is 4. The summed E-state index contributed by atoms with van der Waals surface area (Å²) in [5.74, 6) is -3.53. The number of hydrogen-bond donors (Lipinski definition) is 2. The lowest BCUT2D eigenvalue weighted by Crippen LogP contribution is -2.58. The molecule has 1 fully saturated rings. The molecule has 33 heavy (non-hydrogen) atoms. The van der Waals surface area contributed by atoms with Crippen LogP contribution in [0.4, 0.5) is 9.59 Å². The van der Waals surface area contributed by atoms with Crippen LogP contribution < -0.4 is 0 Å². The first-order valence-electron chi connectivity index (χ1n) is 10.2. The summed E-state index contributed by atoms with van der Waals surface area (Å²) in [4.78, 5) is 72.6. The van der Waals surface area contributed by atoms with Gasteiger partial charge in [-0.25, -0.2) is 33.8 Å². The van der Waals surface area contributed by atoms with E-state index in [2.05, 4.69) is 9.97 Å². The van der Waals surface area contributed by atoms with Crippen molar-refractivity contribution < 1.29 is 48.3 Å². The predicted octanol–water partition coefficient (Wildman–Crippen LogP) is 2.00. The van der Waals surface area contributed by atoms with Gasteiger partial charge in [-0.1, -0.05) is 0 Å². The molecule has 0 aliphatic carbocycles. The van der Waals surface area contributed by atoms with Crippen LogP contribution in [0.5, 0.6) is 0 Å². The molecule has 1 aromatic heterocycles. The number of nitrogens with zero attached hydrogens (tertiary/aromatic N) is 3. The molecule has 0 bridgehead atoms. The van der Waals surface area contributed by atoms with Crippen molar-refractivity contribution in [3.63, 3.8) is 0 Å². The van der Waals surface area contributed by atoms with E-state index in [9.17, 15) is 29.2 Å². The van der Waals surface area contributed by atoms with Gasteiger partial charge < -0.3 is 14.5 Å². The fourth-order valence-corrected chi connectivity index (χ4v) is 2.78. The number of aromatic nitrogens is 2. The maximum atomic E-state index is 13.1. The number of imidazole rings is 1. The van der Waals surface area contributed by atoms with Crippen LogP contribution in [0.2, 0.25) is 0 Å². The largest absolute Gasteiger partial charge is 0.443 e. The number of carbonyl (C=O) groups is 5. The Morgan fingerprint density at radius 3 is 1.94 bits per heavy atom. The number of nitrogens with one attached hydrogen (secondary N) is 1. The normalized spacial score (nSPS) is 16.8. The third-order valence-electron chi connectivity index (χ3n) is 4.18. The summed E-state index contributed by atoms with van der Waals surface area (Å²) in [6.45, 7) is 9.31. The third kappa shape index (κ3) is 6.58. The molecule has 13 nitrogen and oxygen atoms in total. The van der Waals surface area contributed by atoms with Gasteiger partial charge in [-0.2, -0.15) is 10.1 Å². The Morgan fingerprint density at radius 1 is 1.06 bits per heavy atom. The number of rotatable bonds is 5. The molecule has 0 aromatic carbocycles. The zero-order valence-corrected chi connectivity index (χ0v) is 19.4. The average Bonchev–Trinajstić information content (AvgIpc) is 3.22. The highest BCUT2D eigenvalue weighted by Crippen LogP contribution is 2.24. The molecule has 0 unspecified atom stereocenters. The lowest BCUT2D eigenvalue weighted by Gasteiger charge is -2.32. The molecule has 2 N–H and O–H groups in total. The minimum atomic E-state index is -2.21. The summed E-state index contributed by atoms with van der Waals surface area (Å²) in [6.07, 6.45) is -0.872. The highest BCUT2D eigenvalue weighted by Gasteiger charge is 2.57. The topological polar surface area (TPSA) is 165 Å². The van der Waals surface area contributed by atoms with Gasteiger partial charge in [-0.3, -0.25) is 0 Å². The minimum absolute atomic E-state index is 0.303. The summed E-state index contributed by atoms with van der Waals surface area (Å²) in [6, 6.07) is -1.78. The van der Waals surface area contributed by atoms with Crippen LogP contribution in [0.1, 0.15) is 60.1 Å². The van der Waals surface area contributed by atoms with Gasteiger partial charge >= 0.3 is 30.0 Å². The van der Waals surface area contributed by atoms with Crippen LogP contribution in [0.3, 0.4) is 0 Å². The van der Waals surface area contributed by atoms with Crippen LogP contribution in [-0.2, 0) is 35.1 Å². The van der Waals surface area contributed by atoms with Crippen molar-refractivity contribution >= 4 is 30.0 Å². The van der Waals surface area contributed by atoms with E-state index in [1.807, 2.05) is 0 Å². The lowest BCUT2D eigenvalue weighted by molar-refractivity contribution is -1.12. The first-order chi connectivity index (χ1) is 15.0. The molecule has 182 valence electrons. The fourth-order valence-electron chi connectivity index (χ4n) is 2.78. The SMILES string of the molecule is CC(C)(C)OC(=O)N(C(=O)OC(C)(C)C)[C@@H](Cc1cnc[nH]1)C(=O)O[N+]1(O)C(=O)CCC1=O. The van der Waals surface area contributed by atoms with E-state index >= 15 is 0 Å². The molecule has 2 heterocycles. The van der Waals surface area contributed by atoms with Crippen molar-refractivity contribution in [2.45, 2.75) is 78.0 Å². The first kappa shape index (κ1) is 25.9. The highest BCUT2D eigenvalue weighted by atomic mass is 17.0. The molecule has 1 aromatic rings. The average molecular weight is 469 g/mol. The summed E-state index contributed by atoms with van der Waals surface area (Å²) in [5.41, 5.74) is -1.80. The van der Waals surface area contributed by atoms with Gasteiger partial charge in [0.2, 0.25) is 0 Å². The maximum Gasteiger partial charge on any atom is 0.420 e. The van der Waals surface area contributed by atoms with Crippen LogP contribution in [-0.4, -0.2) is 72.1 Å². The molecular weight excluding hydrogens is 440 g/mol. The number of ether oxygens (including phenoxy) is 2. The van der Waals surface area contributed by atoms with Crippen molar-refractivity contribution in [1.82, 2.24) is 14.9 Å². The minimum Gasteiger partial charge on any atom is -0.443 e. The van der Waals surface area contributed by atoms with E-state index in [-0.39, 0.29) is 19.3 Å².